The molecule has 0 aliphatic heterocycles. The topological polar surface area (TPSA) is 93.1 Å². The number of rotatable bonds is 6. The van der Waals surface area contributed by atoms with Crippen molar-refractivity contribution in [3.63, 3.8) is 0 Å². The van der Waals surface area contributed by atoms with E-state index in [4.69, 9.17) is 9.47 Å². The summed E-state index contributed by atoms with van der Waals surface area (Å²) in [5, 5.41) is 3.33. The summed E-state index contributed by atoms with van der Waals surface area (Å²) in [6.45, 7) is 9.19. The quantitative estimate of drug-likeness (QED) is 0.449. The number of carbonyl (C=O) groups is 2. The van der Waals surface area contributed by atoms with E-state index < -0.39 is 23.7 Å². The molecule has 1 aromatic rings. The van der Waals surface area contributed by atoms with Gasteiger partial charge >= 0.3 is 12.1 Å². The summed E-state index contributed by atoms with van der Waals surface area (Å²) in [6, 6.07) is -0.447. The molecule has 1 N–H and O–H groups in total. The van der Waals surface area contributed by atoms with E-state index in [2.05, 4.69) is 15.3 Å². The molecule has 9 heteroatoms. The van der Waals surface area contributed by atoms with E-state index in [1.54, 1.807) is 45.8 Å². The number of aliphatic imine (C=N–C) groups is 1. The first-order valence-corrected chi connectivity index (χ1v) is 9.40. The Labute approximate surface area is 164 Å². The number of hydrogen-bond acceptors (Lipinski definition) is 7. The fourth-order valence-electron chi connectivity index (χ4n) is 1.99. The van der Waals surface area contributed by atoms with E-state index in [1.165, 1.54) is 24.6 Å². The van der Waals surface area contributed by atoms with Gasteiger partial charge in [0.05, 0.1) is 19.3 Å². The normalized spacial score (nSPS) is 13.4. The number of amides is 1. The van der Waals surface area contributed by atoms with Crippen LogP contribution in [0.3, 0.4) is 0 Å². The van der Waals surface area contributed by atoms with E-state index >= 15 is 0 Å². The van der Waals surface area contributed by atoms with Gasteiger partial charge in [0.2, 0.25) is 0 Å². The summed E-state index contributed by atoms with van der Waals surface area (Å²) in [6.07, 6.45) is 5.32. The number of hydrogen-bond donors (Lipinski definition) is 1. The van der Waals surface area contributed by atoms with Gasteiger partial charge in [0, 0.05) is 13.2 Å². The molecule has 0 radical (unpaired) electrons. The zero-order valence-electron chi connectivity index (χ0n) is 16.9. The number of carbonyl (C=O) groups excluding carboxylic acids is 2. The first-order chi connectivity index (χ1) is 12.6. The number of allylic oxidation sites excluding steroid dienone is 1. The van der Waals surface area contributed by atoms with Gasteiger partial charge in [-0.05, 0) is 34.1 Å². The van der Waals surface area contributed by atoms with Gasteiger partial charge in [-0.3, -0.25) is 0 Å². The molecule has 0 fully saturated rings. The standard InChI is InChI=1S/C18H28N4O4S/c1-8-9-10-19-14(12(2)21-17(24)26-18(3,4)5)22(6)16-20-11-13(27-16)15(23)25-7/h9-12H,8H2,1-7H3,(H,21,24)/b10-9+,19-14?. The fourth-order valence-corrected chi connectivity index (χ4v) is 2.79. The van der Waals surface area contributed by atoms with Crippen molar-refractivity contribution in [3.05, 3.63) is 23.3 Å². The minimum Gasteiger partial charge on any atom is -0.465 e. The summed E-state index contributed by atoms with van der Waals surface area (Å²) in [4.78, 5) is 34.6. The van der Waals surface area contributed by atoms with Crippen molar-refractivity contribution >= 4 is 34.4 Å². The molecule has 0 aliphatic rings. The maximum atomic E-state index is 12.1. The Morgan fingerprint density at radius 2 is 2.11 bits per heavy atom. The Morgan fingerprint density at radius 1 is 1.44 bits per heavy atom. The van der Waals surface area contributed by atoms with Crippen LogP contribution < -0.4 is 10.2 Å². The van der Waals surface area contributed by atoms with Crippen LogP contribution in [0.5, 0.6) is 0 Å². The van der Waals surface area contributed by atoms with Crippen LogP contribution >= 0.6 is 11.3 Å². The van der Waals surface area contributed by atoms with E-state index in [0.29, 0.717) is 15.8 Å². The van der Waals surface area contributed by atoms with E-state index in [9.17, 15) is 9.59 Å². The number of likely N-dealkylation sites (N-methyl/N-ethyl adjacent to an activating group) is 1. The van der Waals surface area contributed by atoms with Crippen LogP contribution in [-0.2, 0) is 9.47 Å². The van der Waals surface area contributed by atoms with Crippen LogP contribution in [0.2, 0.25) is 0 Å². The van der Waals surface area contributed by atoms with Gasteiger partial charge in [0.25, 0.3) is 0 Å². The SMILES string of the molecule is CC/C=C/N=C(C(C)NC(=O)OC(C)(C)C)N(C)c1ncc(C(=O)OC)s1. The largest absolute Gasteiger partial charge is 0.465 e. The van der Waals surface area contributed by atoms with Crippen LogP contribution in [0.4, 0.5) is 9.93 Å². The van der Waals surface area contributed by atoms with E-state index in [-0.39, 0.29) is 0 Å². The molecule has 1 atom stereocenters. The summed E-state index contributed by atoms with van der Waals surface area (Å²) >= 11 is 1.18. The summed E-state index contributed by atoms with van der Waals surface area (Å²) in [7, 11) is 3.09. The molecule has 1 rings (SSSR count). The fraction of sp³-hybridized carbons (Fsp3) is 0.556. The number of alkyl carbamates (subject to hydrolysis) is 1. The number of esters is 1. The molecule has 1 aromatic heterocycles. The maximum Gasteiger partial charge on any atom is 0.408 e. The third kappa shape index (κ3) is 7.38. The average molecular weight is 397 g/mol. The molecule has 0 aliphatic carbocycles. The van der Waals surface area contributed by atoms with Crippen LogP contribution in [0.25, 0.3) is 0 Å². The molecule has 1 unspecified atom stereocenters. The third-order valence-electron chi connectivity index (χ3n) is 3.18. The highest BCUT2D eigenvalue weighted by atomic mass is 32.1. The van der Waals surface area contributed by atoms with E-state index in [1.807, 2.05) is 13.0 Å². The molecule has 1 heterocycles. The number of amidine groups is 1. The van der Waals surface area contributed by atoms with Crippen molar-refractivity contribution in [2.75, 3.05) is 19.1 Å². The highest BCUT2D eigenvalue weighted by Crippen LogP contribution is 2.23. The average Bonchev–Trinajstić information content (AvgIpc) is 3.05. The number of thiazole rings is 1. The second-order valence-electron chi connectivity index (χ2n) is 6.71. The number of nitrogens with zero attached hydrogens (tertiary/aromatic N) is 3. The van der Waals surface area contributed by atoms with Gasteiger partial charge < -0.3 is 19.7 Å². The molecule has 0 saturated heterocycles. The Bertz CT molecular complexity index is 706. The minimum atomic E-state index is -0.597. The molecular weight excluding hydrogens is 368 g/mol. The zero-order chi connectivity index (χ0) is 20.6. The second kappa shape index (κ2) is 10.1. The van der Waals surface area contributed by atoms with Crippen molar-refractivity contribution in [2.24, 2.45) is 4.99 Å². The lowest BCUT2D eigenvalue weighted by molar-refractivity contribution is 0.0520. The predicted octanol–water partition coefficient (Wildman–Crippen LogP) is 3.60. The van der Waals surface area contributed by atoms with Crippen molar-refractivity contribution in [1.29, 1.82) is 0 Å². The van der Waals surface area contributed by atoms with E-state index in [0.717, 1.165) is 6.42 Å². The summed E-state index contributed by atoms with van der Waals surface area (Å²) < 4.78 is 10.0. The van der Waals surface area contributed by atoms with Gasteiger partial charge in [-0.2, -0.15) is 0 Å². The van der Waals surface area contributed by atoms with Crippen LogP contribution in [0, 0.1) is 0 Å². The molecular formula is C18H28N4O4S. The van der Waals surface area contributed by atoms with Crippen molar-refractivity contribution < 1.29 is 19.1 Å². The molecule has 150 valence electrons. The van der Waals surface area contributed by atoms with Gasteiger partial charge in [-0.25, -0.2) is 19.6 Å². The number of methoxy groups -OCH3 is 1. The van der Waals surface area contributed by atoms with Crippen molar-refractivity contribution in [2.45, 2.75) is 52.7 Å². The first-order valence-electron chi connectivity index (χ1n) is 8.59. The Balaban J connectivity index is 3.04. The molecule has 1 amide bonds. The number of nitrogens with one attached hydrogen (secondary N) is 1. The van der Waals surface area contributed by atoms with Crippen LogP contribution in [0.15, 0.2) is 23.5 Å². The smallest absolute Gasteiger partial charge is 0.408 e. The monoisotopic (exact) mass is 396 g/mol. The second-order valence-corrected chi connectivity index (χ2v) is 7.72. The minimum absolute atomic E-state index is 0.385. The number of ether oxygens (including phenoxy) is 2. The Hall–Kier alpha value is -2.42. The lowest BCUT2D eigenvalue weighted by atomic mass is 10.2. The molecule has 8 nitrogen and oxygen atoms in total. The summed E-state index contributed by atoms with van der Waals surface area (Å²) in [5.41, 5.74) is -0.597. The van der Waals surface area contributed by atoms with Crippen LogP contribution in [-0.4, -0.2) is 48.7 Å². The molecule has 27 heavy (non-hydrogen) atoms. The lowest BCUT2D eigenvalue weighted by Gasteiger charge is -2.26. The first kappa shape index (κ1) is 22.6. The third-order valence-corrected chi connectivity index (χ3v) is 4.23. The van der Waals surface area contributed by atoms with Crippen molar-refractivity contribution in [3.8, 4) is 0 Å². The van der Waals surface area contributed by atoms with Crippen LogP contribution in [0.1, 0.15) is 50.7 Å². The molecule has 0 spiro atoms. The number of aromatic nitrogens is 1. The maximum absolute atomic E-state index is 12.1. The Kier molecular flexibility index (Phi) is 8.42. The predicted molar refractivity (Wildman–Crippen MR) is 108 cm³/mol. The molecule has 0 saturated carbocycles. The summed E-state index contributed by atoms with van der Waals surface area (Å²) in [5.74, 6) is 0.104. The molecule has 0 aromatic carbocycles. The molecule has 0 bridgehead atoms. The van der Waals surface area contributed by atoms with Crippen molar-refractivity contribution in [1.82, 2.24) is 10.3 Å². The number of anilines is 1. The zero-order valence-corrected chi connectivity index (χ0v) is 17.7. The van der Waals surface area contributed by atoms with Gasteiger partial charge in [-0.1, -0.05) is 24.3 Å². The van der Waals surface area contributed by atoms with Gasteiger partial charge in [0.15, 0.2) is 5.13 Å². The highest BCUT2D eigenvalue weighted by molar-refractivity contribution is 7.17. The lowest BCUT2D eigenvalue weighted by Crippen LogP contribution is -2.47. The highest BCUT2D eigenvalue weighted by Gasteiger charge is 2.24. The van der Waals surface area contributed by atoms with Gasteiger partial charge in [0.1, 0.15) is 16.3 Å². The van der Waals surface area contributed by atoms with Gasteiger partial charge in [-0.15, -0.1) is 0 Å². The Morgan fingerprint density at radius 3 is 2.67 bits per heavy atom.